The summed E-state index contributed by atoms with van der Waals surface area (Å²) in [6.45, 7) is 3.40. The van der Waals surface area contributed by atoms with Crippen LogP contribution >= 0.6 is 0 Å². The number of hydrogen-bond acceptors (Lipinski definition) is 3. The molecule has 0 amide bonds. The molecule has 1 saturated heterocycles. The third kappa shape index (κ3) is 1.82. The summed E-state index contributed by atoms with van der Waals surface area (Å²) in [5.41, 5.74) is 1.10. The molecule has 1 fully saturated rings. The van der Waals surface area contributed by atoms with E-state index in [4.69, 9.17) is 9.47 Å². The van der Waals surface area contributed by atoms with Crippen molar-refractivity contribution < 1.29 is 9.47 Å². The molecule has 0 bridgehead atoms. The van der Waals surface area contributed by atoms with Gasteiger partial charge < -0.3 is 14.4 Å². The van der Waals surface area contributed by atoms with E-state index in [0.717, 1.165) is 37.7 Å². The van der Waals surface area contributed by atoms with Crippen molar-refractivity contribution in [2.24, 2.45) is 0 Å². The van der Waals surface area contributed by atoms with Crippen molar-refractivity contribution in [2.45, 2.75) is 0 Å². The predicted molar refractivity (Wildman–Crippen MR) is 55.5 cm³/mol. The summed E-state index contributed by atoms with van der Waals surface area (Å²) in [6, 6.07) is 7.93. The molecule has 0 aromatic heterocycles. The van der Waals surface area contributed by atoms with Crippen molar-refractivity contribution in [1.82, 2.24) is 0 Å². The van der Waals surface area contributed by atoms with Crippen molar-refractivity contribution in [2.75, 3.05) is 31.2 Å². The van der Waals surface area contributed by atoms with Gasteiger partial charge in [-0.15, -0.1) is 0 Å². The minimum Gasteiger partial charge on any atom is -0.488 e. The average molecular weight is 192 g/mol. The lowest BCUT2D eigenvalue weighted by Crippen LogP contribution is -2.36. The lowest BCUT2D eigenvalue weighted by molar-refractivity contribution is 0.122. The zero-order valence-corrected chi connectivity index (χ0v) is 8.11. The third-order valence-corrected chi connectivity index (χ3v) is 2.37. The number of para-hydroxylation sites is 2. The molecule has 1 radical (unpaired) electrons. The molecule has 14 heavy (non-hydrogen) atoms. The van der Waals surface area contributed by atoms with Crippen molar-refractivity contribution >= 4 is 5.69 Å². The Hall–Kier alpha value is -1.22. The summed E-state index contributed by atoms with van der Waals surface area (Å²) in [7, 11) is 3.45. The second kappa shape index (κ2) is 4.33. The molecule has 1 aromatic rings. The van der Waals surface area contributed by atoms with Crippen LogP contribution in [0.2, 0.25) is 0 Å². The van der Waals surface area contributed by atoms with Crippen molar-refractivity contribution in [1.29, 1.82) is 0 Å². The number of morpholine rings is 1. The van der Waals surface area contributed by atoms with Crippen LogP contribution in [0.5, 0.6) is 5.75 Å². The van der Waals surface area contributed by atoms with Crippen molar-refractivity contribution in [3.8, 4) is 5.75 Å². The lowest BCUT2D eigenvalue weighted by atomic mass is 10.2. The topological polar surface area (TPSA) is 21.7 Å². The summed E-state index contributed by atoms with van der Waals surface area (Å²) in [5.74, 6) is 0.828. The molecule has 1 aliphatic rings. The summed E-state index contributed by atoms with van der Waals surface area (Å²) in [5, 5.41) is 0. The first-order valence-corrected chi connectivity index (χ1v) is 4.75. The maximum absolute atomic E-state index is 5.30. The molecule has 1 aliphatic heterocycles. The molecule has 1 aromatic carbocycles. The minimum atomic E-state index is 0.783. The minimum absolute atomic E-state index is 0.783. The fourth-order valence-corrected chi connectivity index (χ4v) is 1.64. The molecule has 75 valence electrons. The molecular formula is C11H14NO2. The van der Waals surface area contributed by atoms with Gasteiger partial charge in [0.1, 0.15) is 12.9 Å². The van der Waals surface area contributed by atoms with Gasteiger partial charge in [-0.2, -0.15) is 0 Å². The van der Waals surface area contributed by atoms with Crippen LogP contribution < -0.4 is 9.64 Å². The van der Waals surface area contributed by atoms with Crippen LogP contribution in [0.15, 0.2) is 24.3 Å². The van der Waals surface area contributed by atoms with E-state index in [1.54, 1.807) is 0 Å². The quantitative estimate of drug-likeness (QED) is 0.711. The number of nitrogens with zero attached hydrogens (tertiary/aromatic N) is 1. The standard InChI is InChI=1S/C11H14NO2/c1-13-11-5-3-2-4-10(11)12-6-8-14-9-7-12/h2-5H,1,6-9H2. The van der Waals surface area contributed by atoms with Crippen LogP contribution in [0.25, 0.3) is 0 Å². The first kappa shape index (κ1) is 9.34. The van der Waals surface area contributed by atoms with Gasteiger partial charge in [0, 0.05) is 13.1 Å². The molecular weight excluding hydrogens is 178 g/mol. The Morgan fingerprint density at radius 3 is 2.64 bits per heavy atom. The Bertz CT molecular complexity index is 295. The second-order valence-electron chi connectivity index (χ2n) is 3.21. The van der Waals surface area contributed by atoms with E-state index in [-0.39, 0.29) is 0 Å². The van der Waals surface area contributed by atoms with E-state index in [2.05, 4.69) is 12.0 Å². The molecule has 3 heteroatoms. The fraction of sp³-hybridized carbons (Fsp3) is 0.364. The maximum Gasteiger partial charge on any atom is 0.142 e. The predicted octanol–water partition coefficient (Wildman–Crippen LogP) is 1.69. The molecule has 1 heterocycles. The van der Waals surface area contributed by atoms with Crippen molar-refractivity contribution in [3.05, 3.63) is 31.4 Å². The highest BCUT2D eigenvalue weighted by Crippen LogP contribution is 2.28. The smallest absolute Gasteiger partial charge is 0.142 e. The summed E-state index contributed by atoms with van der Waals surface area (Å²) in [4.78, 5) is 2.25. The number of benzene rings is 1. The molecule has 0 atom stereocenters. The average Bonchev–Trinajstić information content (AvgIpc) is 2.30. The van der Waals surface area contributed by atoms with Gasteiger partial charge in [-0.3, -0.25) is 0 Å². The van der Waals surface area contributed by atoms with Gasteiger partial charge in [0.15, 0.2) is 0 Å². The number of hydrogen-bond donors (Lipinski definition) is 0. The second-order valence-corrected chi connectivity index (χ2v) is 3.21. The van der Waals surface area contributed by atoms with Gasteiger partial charge >= 0.3 is 0 Å². The molecule has 2 rings (SSSR count). The molecule has 3 nitrogen and oxygen atoms in total. The van der Waals surface area contributed by atoms with E-state index in [1.807, 2.05) is 24.3 Å². The monoisotopic (exact) mass is 192 g/mol. The Labute approximate surface area is 84.2 Å². The van der Waals surface area contributed by atoms with Gasteiger partial charge in [-0.25, -0.2) is 0 Å². The SMILES string of the molecule is [CH2]Oc1ccccc1N1CCOCC1. The van der Waals surface area contributed by atoms with Crippen LogP contribution in [-0.4, -0.2) is 26.3 Å². The number of ether oxygens (including phenoxy) is 2. The van der Waals surface area contributed by atoms with E-state index in [1.165, 1.54) is 0 Å². The highest BCUT2D eigenvalue weighted by atomic mass is 16.5. The van der Waals surface area contributed by atoms with Gasteiger partial charge in [0.05, 0.1) is 18.9 Å². The Morgan fingerprint density at radius 1 is 1.21 bits per heavy atom. The third-order valence-electron chi connectivity index (χ3n) is 2.37. The lowest BCUT2D eigenvalue weighted by Gasteiger charge is -2.29. The van der Waals surface area contributed by atoms with Crippen LogP contribution in [0, 0.1) is 7.11 Å². The van der Waals surface area contributed by atoms with E-state index in [0.29, 0.717) is 0 Å². The van der Waals surface area contributed by atoms with Gasteiger partial charge in [0.2, 0.25) is 0 Å². The molecule has 0 N–H and O–H groups in total. The highest BCUT2D eigenvalue weighted by molar-refractivity contribution is 5.58. The summed E-state index contributed by atoms with van der Waals surface area (Å²) < 4.78 is 10.4. The largest absolute Gasteiger partial charge is 0.488 e. The molecule has 0 spiro atoms. The van der Waals surface area contributed by atoms with Crippen LogP contribution in [0.4, 0.5) is 5.69 Å². The Balaban J connectivity index is 2.20. The van der Waals surface area contributed by atoms with Crippen LogP contribution in [-0.2, 0) is 4.74 Å². The van der Waals surface area contributed by atoms with E-state index >= 15 is 0 Å². The molecule has 0 aliphatic carbocycles. The van der Waals surface area contributed by atoms with Gasteiger partial charge in [0.25, 0.3) is 0 Å². The zero-order valence-electron chi connectivity index (χ0n) is 8.11. The van der Waals surface area contributed by atoms with Gasteiger partial charge in [-0.1, -0.05) is 12.1 Å². The normalized spacial score (nSPS) is 16.8. The highest BCUT2D eigenvalue weighted by Gasteiger charge is 2.14. The maximum atomic E-state index is 5.30. The van der Waals surface area contributed by atoms with Crippen LogP contribution in [0.1, 0.15) is 0 Å². The summed E-state index contributed by atoms with van der Waals surface area (Å²) >= 11 is 0. The van der Waals surface area contributed by atoms with E-state index in [9.17, 15) is 0 Å². The molecule has 0 saturated carbocycles. The first-order valence-electron chi connectivity index (χ1n) is 4.75. The Kier molecular flexibility index (Phi) is 2.89. The van der Waals surface area contributed by atoms with E-state index < -0.39 is 0 Å². The Morgan fingerprint density at radius 2 is 1.93 bits per heavy atom. The fourth-order valence-electron chi connectivity index (χ4n) is 1.64. The van der Waals surface area contributed by atoms with Gasteiger partial charge in [-0.05, 0) is 12.1 Å². The first-order chi connectivity index (χ1) is 6.92. The zero-order chi connectivity index (χ0) is 9.80. The number of rotatable bonds is 2. The number of anilines is 1. The summed E-state index contributed by atoms with van der Waals surface area (Å²) in [6.07, 6.45) is 0. The molecule has 0 unspecified atom stereocenters. The van der Waals surface area contributed by atoms with Crippen LogP contribution in [0.3, 0.4) is 0 Å². The van der Waals surface area contributed by atoms with Crippen molar-refractivity contribution in [3.63, 3.8) is 0 Å².